The van der Waals surface area contributed by atoms with Crippen molar-refractivity contribution in [2.24, 2.45) is 0 Å². The third kappa shape index (κ3) is 3.22. The molecule has 0 bridgehead atoms. The molecule has 0 saturated carbocycles. The zero-order valence-electron chi connectivity index (χ0n) is 13.0. The van der Waals surface area contributed by atoms with E-state index < -0.39 is 0 Å². The van der Waals surface area contributed by atoms with E-state index in [-0.39, 0.29) is 30.5 Å². The number of amides is 1. The number of halogens is 1. The standard InChI is InChI=1S/C17H14FN5O/c1-11-4-6-13(18)9-14(11)12-5-7-15-20-17(22-23(15)10-12)21-16(24)3-2-8-19/h4-7,9-10H,2-3H2,1H3,(H,21,22,24). The number of aromatic nitrogens is 3. The Morgan fingerprint density at radius 2 is 2.21 bits per heavy atom. The summed E-state index contributed by atoms with van der Waals surface area (Å²) in [6.45, 7) is 1.90. The first-order chi connectivity index (χ1) is 11.6. The van der Waals surface area contributed by atoms with Gasteiger partial charge >= 0.3 is 0 Å². The van der Waals surface area contributed by atoms with Gasteiger partial charge in [0, 0.05) is 24.6 Å². The maximum absolute atomic E-state index is 13.5. The van der Waals surface area contributed by atoms with E-state index in [0.717, 1.165) is 16.7 Å². The number of nitriles is 1. The number of nitrogens with zero attached hydrogens (tertiary/aromatic N) is 4. The average Bonchev–Trinajstić information content (AvgIpc) is 2.96. The summed E-state index contributed by atoms with van der Waals surface area (Å²) in [4.78, 5) is 15.8. The lowest BCUT2D eigenvalue weighted by Crippen LogP contribution is -2.12. The molecule has 120 valence electrons. The Morgan fingerprint density at radius 1 is 1.38 bits per heavy atom. The number of hydrogen-bond donors (Lipinski definition) is 1. The Morgan fingerprint density at radius 3 is 3.00 bits per heavy atom. The van der Waals surface area contributed by atoms with Gasteiger partial charge in [0.2, 0.25) is 11.9 Å². The van der Waals surface area contributed by atoms with Crippen molar-refractivity contribution in [3.8, 4) is 17.2 Å². The molecule has 6 nitrogen and oxygen atoms in total. The highest BCUT2D eigenvalue weighted by atomic mass is 19.1. The Hall–Kier alpha value is -3.27. The van der Waals surface area contributed by atoms with Crippen LogP contribution in [0.15, 0.2) is 36.5 Å². The number of hydrogen-bond acceptors (Lipinski definition) is 4. The van der Waals surface area contributed by atoms with Crippen LogP contribution in [0.4, 0.5) is 10.3 Å². The molecule has 0 fully saturated rings. The van der Waals surface area contributed by atoms with Crippen molar-refractivity contribution in [3.05, 3.63) is 47.9 Å². The molecule has 0 aliphatic carbocycles. The van der Waals surface area contributed by atoms with Crippen LogP contribution < -0.4 is 5.32 Å². The third-order valence-corrected chi connectivity index (χ3v) is 3.56. The molecule has 0 radical (unpaired) electrons. The molecule has 0 spiro atoms. The number of pyridine rings is 1. The minimum Gasteiger partial charge on any atom is -0.293 e. The van der Waals surface area contributed by atoms with Crippen LogP contribution in [0.25, 0.3) is 16.8 Å². The number of benzene rings is 1. The summed E-state index contributed by atoms with van der Waals surface area (Å²) >= 11 is 0. The largest absolute Gasteiger partial charge is 0.293 e. The minimum absolute atomic E-state index is 0.0970. The summed E-state index contributed by atoms with van der Waals surface area (Å²) in [6, 6.07) is 10.1. The summed E-state index contributed by atoms with van der Waals surface area (Å²) in [5.74, 6) is -0.445. The molecule has 0 unspecified atom stereocenters. The van der Waals surface area contributed by atoms with E-state index in [2.05, 4.69) is 15.4 Å². The first kappa shape index (κ1) is 15.6. The molecule has 1 aromatic carbocycles. The fourth-order valence-corrected chi connectivity index (χ4v) is 2.36. The summed E-state index contributed by atoms with van der Waals surface area (Å²) in [5.41, 5.74) is 3.07. The van der Waals surface area contributed by atoms with Crippen LogP contribution in [0.3, 0.4) is 0 Å². The molecule has 3 aromatic rings. The number of aryl methyl sites for hydroxylation is 1. The molecular formula is C17H14FN5O. The van der Waals surface area contributed by atoms with Crippen LogP contribution in [0.2, 0.25) is 0 Å². The fraction of sp³-hybridized carbons (Fsp3) is 0.176. The van der Waals surface area contributed by atoms with Crippen LogP contribution in [0.1, 0.15) is 18.4 Å². The van der Waals surface area contributed by atoms with E-state index in [4.69, 9.17) is 5.26 Å². The Bertz CT molecular complexity index is 957. The summed E-state index contributed by atoms with van der Waals surface area (Å²) in [7, 11) is 0. The smallest absolute Gasteiger partial charge is 0.249 e. The molecule has 3 rings (SSSR count). The van der Waals surface area contributed by atoms with Crippen molar-refractivity contribution in [2.45, 2.75) is 19.8 Å². The third-order valence-electron chi connectivity index (χ3n) is 3.56. The second kappa shape index (κ2) is 6.46. The zero-order chi connectivity index (χ0) is 17.1. The average molecular weight is 323 g/mol. The normalized spacial score (nSPS) is 10.5. The summed E-state index contributed by atoms with van der Waals surface area (Å²) < 4.78 is 15.0. The molecule has 24 heavy (non-hydrogen) atoms. The number of fused-ring (bicyclic) bond motifs is 1. The molecule has 0 atom stereocenters. The Labute approximate surface area is 137 Å². The highest BCUT2D eigenvalue weighted by molar-refractivity contribution is 5.89. The molecule has 2 heterocycles. The van der Waals surface area contributed by atoms with E-state index in [1.165, 1.54) is 16.6 Å². The van der Waals surface area contributed by atoms with Crippen LogP contribution in [0, 0.1) is 24.1 Å². The second-order valence-electron chi connectivity index (χ2n) is 5.32. The number of rotatable bonds is 4. The lowest BCUT2D eigenvalue weighted by Gasteiger charge is -2.06. The van der Waals surface area contributed by atoms with Gasteiger partial charge in [-0.3, -0.25) is 10.1 Å². The fourth-order valence-electron chi connectivity index (χ4n) is 2.36. The van der Waals surface area contributed by atoms with Gasteiger partial charge in [-0.15, -0.1) is 5.10 Å². The summed E-state index contributed by atoms with van der Waals surface area (Å²) in [6.07, 6.45) is 1.97. The van der Waals surface area contributed by atoms with Gasteiger partial charge in [-0.25, -0.2) is 8.91 Å². The molecule has 0 saturated heterocycles. The maximum Gasteiger partial charge on any atom is 0.249 e. The van der Waals surface area contributed by atoms with Gasteiger partial charge in [0.05, 0.1) is 6.07 Å². The molecule has 0 aliphatic rings. The summed E-state index contributed by atoms with van der Waals surface area (Å²) in [5, 5.41) is 15.2. The van der Waals surface area contributed by atoms with Crippen molar-refractivity contribution < 1.29 is 9.18 Å². The van der Waals surface area contributed by atoms with Gasteiger partial charge in [-0.05, 0) is 42.3 Å². The van der Waals surface area contributed by atoms with Gasteiger partial charge < -0.3 is 0 Å². The predicted molar refractivity (Wildman–Crippen MR) is 86.6 cm³/mol. The van der Waals surface area contributed by atoms with E-state index >= 15 is 0 Å². The van der Waals surface area contributed by atoms with E-state index in [9.17, 15) is 9.18 Å². The monoisotopic (exact) mass is 323 g/mol. The Kier molecular flexibility index (Phi) is 4.20. The van der Waals surface area contributed by atoms with Crippen LogP contribution in [-0.4, -0.2) is 20.5 Å². The van der Waals surface area contributed by atoms with Gasteiger partial charge in [-0.1, -0.05) is 6.07 Å². The second-order valence-corrected chi connectivity index (χ2v) is 5.32. The predicted octanol–water partition coefficient (Wildman–Crippen LogP) is 3.09. The van der Waals surface area contributed by atoms with E-state index in [1.807, 2.05) is 19.1 Å². The number of carbonyl (C=O) groups excluding carboxylic acids is 1. The molecule has 7 heteroatoms. The van der Waals surface area contributed by atoms with E-state index in [0.29, 0.717) is 5.65 Å². The van der Waals surface area contributed by atoms with Crippen molar-refractivity contribution >= 4 is 17.5 Å². The first-order valence-electron chi connectivity index (χ1n) is 7.36. The molecule has 0 aliphatic heterocycles. The van der Waals surface area contributed by atoms with Crippen molar-refractivity contribution in [1.82, 2.24) is 14.6 Å². The van der Waals surface area contributed by atoms with Crippen LogP contribution in [0.5, 0.6) is 0 Å². The van der Waals surface area contributed by atoms with Crippen molar-refractivity contribution in [1.29, 1.82) is 5.26 Å². The zero-order valence-corrected chi connectivity index (χ0v) is 13.0. The molecule has 2 aromatic heterocycles. The number of nitrogens with one attached hydrogen (secondary N) is 1. The van der Waals surface area contributed by atoms with Gasteiger partial charge in [0.1, 0.15) is 5.82 Å². The molecule has 1 amide bonds. The lowest BCUT2D eigenvalue weighted by molar-refractivity contribution is -0.116. The Balaban J connectivity index is 1.90. The number of carbonyl (C=O) groups is 1. The minimum atomic E-state index is -0.311. The first-order valence-corrected chi connectivity index (χ1v) is 7.36. The van der Waals surface area contributed by atoms with Gasteiger partial charge in [0.15, 0.2) is 5.65 Å². The quantitative estimate of drug-likeness (QED) is 0.800. The van der Waals surface area contributed by atoms with Crippen molar-refractivity contribution in [2.75, 3.05) is 5.32 Å². The SMILES string of the molecule is Cc1ccc(F)cc1-c1ccc2nc(NC(=O)CCC#N)nn2c1. The molecular weight excluding hydrogens is 309 g/mol. The topological polar surface area (TPSA) is 83.1 Å². The van der Waals surface area contributed by atoms with Gasteiger partial charge in [0.25, 0.3) is 0 Å². The maximum atomic E-state index is 13.5. The highest BCUT2D eigenvalue weighted by Gasteiger charge is 2.10. The van der Waals surface area contributed by atoms with Crippen LogP contribution in [-0.2, 0) is 4.79 Å². The number of anilines is 1. The molecule has 1 N–H and O–H groups in total. The lowest BCUT2D eigenvalue weighted by atomic mass is 10.0. The van der Waals surface area contributed by atoms with E-state index in [1.54, 1.807) is 18.3 Å². The highest BCUT2D eigenvalue weighted by Crippen LogP contribution is 2.24. The van der Waals surface area contributed by atoms with Gasteiger partial charge in [-0.2, -0.15) is 10.2 Å². The van der Waals surface area contributed by atoms with Crippen molar-refractivity contribution in [3.63, 3.8) is 0 Å². The van der Waals surface area contributed by atoms with Crippen LogP contribution >= 0.6 is 0 Å².